The molecule has 8 heteroatoms. The maximum Gasteiger partial charge on any atom is 0.257 e. The summed E-state index contributed by atoms with van der Waals surface area (Å²) in [4.78, 5) is 39.4. The van der Waals surface area contributed by atoms with Crippen molar-refractivity contribution in [1.82, 2.24) is 15.2 Å². The highest BCUT2D eigenvalue weighted by Gasteiger charge is 2.23. The molecule has 1 unspecified atom stereocenters. The molecule has 1 aliphatic heterocycles. The minimum Gasteiger partial charge on any atom is -0.376 e. The van der Waals surface area contributed by atoms with E-state index in [1.807, 2.05) is 0 Å². The van der Waals surface area contributed by atoms with Gasteiger partial charge in [0.15, 0.2) is 0 Å². The van der Waals surface area contributed by atoms with Gasteiger partial charge in [-0.25, -0.2) is 4.39 Å². The summed E-state index contributed by atoms with van der Waals surface area (Å²) in [6, 6.07) is 5.94. The van der Waals surface area contributed by atoms with Crippen LogP contribution in [0.15, 0.2) is 41.5 Å². The lowest BCUT2D eigenvalue weighted by atomic mass is 9.96. The van der Waals surface area contributed by atoms with E-state index in [-0.39, 0.29) is 29.8 Å². The predicted octanol–water partition coefficient (Wildman–Crippen LogP) is 3.94. The number of aromatic nitrogens is 1. The van der Waals surface area contributed by atoms with Crippen molar-refractivity contribution in [1.29, 1.82) is 0 Å². The third kappa shape index (κ3) is 7.01. The van der Waals surface area contributed by atoms with Gasteiger partial charge in [-0.3, -0.25) is 14.4 Å². The molecule has 35 heavy (non-hydrogen) atoms. The molecule has 1 saturated heterocycles. The fourth-order valence-electron chi connectivity index (χ4n) is 4.87. The lowest BCUT2D eigenvalue weighted by molar-refractivity contribution is 0.0914. The summed E-state index contributed by atoms with van der Waals surface area (Å²) in [6.45, 7) is 1.20. The zero-order valence-electron chi connectivity index (χ0n) is 20.1. The van der Waals surface area contributed by atoms with E-state index < -0.39 is 23.1 Å². The number of rotatable bonds is 7. The summed E-state index contributed by atoms with van der Waals surface area (Å²) >= 11 is 0. The minimum atomic E-state index is -0.603. The Balaban J connectivity index is 1.55. The molecule has 2 N–H and O–H groups in total. The number of halogens is 1. The SMILES string of the molecule is O=C(NCc1cccc(F)c1)c1cn(CC2CCCO2)cc(C(=O)NC2CCCCCCC2)c1=O. The second-order valence-corrected chi connectivity index (χ2v) is 9.57. The molecule has 1 aromatic carbocycles. The largest absolute Gasteiger partial charge is 0.376 e. The van der Waals surface area contributed by atoms with Crippen molar-refractivity contribution >= 4 is 11.8 Å². The lowest BCUT2D eigenvalue weighted by Gasteiger charge is -2.21. The quantitative estimate of drug-likeness (QED) is 0.624. The van der Waals surface area contributed by atoms with Crippen molar-refractivity contribution in [2.75, 3.05) is 6.61 Å². The summed E-state index contributed by atoms with van der Waals surface area (Å²) in [6.07, 6.45) is 12.3. The molecule has 0 spiro atoms. The van der Waals surface area contributed by atoms with Crippen LogP contribution in [0, 0.1) is 5.82 Å². The second-order valence-electron chi connectivity index (χ2n) is 9.57. The maximum absolute atomic E-state index is 13.5. The van der Waals surface area contributed by atoms with Crippen molar-refractivity contribution in [2.24, 2.45) is 0 Å². The fraction of sp³-hybridized carbons (Fsp3) is 0.519. The van der Waals surface area contributed by atoms with E-state index in [0.29, 0.717) is 18.7 Å². The average Bonchev–Trinajstić information content (AvgIpc) is 3.33. The first-order valence-electron chi connectivity index (χ1n) is 12.7. The van der Waals surface area contributed by atoms with Gasteiger partial charge in [0, 0.05) is 38.1 Å². The number of hydrogen-bond donors (Lipinski definition) is 2. The average molecular weight is 484 g/mol. The van der Waals surface area contributed by atoms with Crippen LogP contribution in [0.4, 0.5) is 4.39 Å². The van der Waals surface area contributed by atoms with Crippen LogP contribution in [0.5, 0.6) is 0 Å². The number of carbonyl (C=O) groups is 2. The molecule has 0 bridgehead atoms. The van der Waals surface area contributed by atoms with Crippen molar-refractivity contribution in [3.05, 3.63) is 69.4 Å². The van der Waals surface area contributed by atoms with Gasteiger partial charge in [0.1, 0.15) is 16.9 Å². The summed E-state index contributed by atoms with van der Waals surface area (Å²) < 4.78 is 20.9. The molecule has 2 heterocycles. The van der Waals surface area contributed by atoms with Gasteiger partial charge in [-0.2, -0.15) is 0 Å². The summed E-state index contributed by atoms with van der Waals surface area (Å²) in [5.74, 6) is -1.44. The number of nitrogens with one attached hydrogen (secondary N) is 2. The molecule has 1 aromatic heterocycles. The van der Waals surface area contributed by atoms with Crippen molar-refractivity contribution in [3.63, 3.8) is 0 Å². The number of carbonyl (C=O) groups excluding carboxylic acids is 2. The number of benzene rings is 1. The third-order valence-corrected chi connectivity index (χ3v) is 6.79. The molecule has 2 aliphatic rings. The predicted molar refractivity (Wildman–Crippen MR) is 131 cm³/mol. The zero-order chi connectivity index (χ0) is 24.6. The van der Waals surface area contributed by atoms with E-state index in [9.17, 15) is 18.8 Å². The molecule has 7 nitrogen and oxygen atoms in total. The van der Waals surface area contributed by atoms with Crippen LogP contribution in [-0.2, 0) is 17.8 Å². The van der Waals surface area contributed by atoms with Crippen LogP contribution >= 0.6 is 0 Å². The molecular weight excluding hydrogens is 449 g/mol. The van der Waals surface area contributed by atoms with Crippen LogP contribution in [0.2, 0.25) is 0 Å². The Morgan fingerprint density at radius 1 is 0.971 bits per heavy atom. The highest BCUT2D eigenvalue weighted by atomic mass is 19.1. The van der Waals surface area contributed by atoms with Gasteiger partial charge in [-0.15, -0.1) is 0 Å². The van der Waals surface area contributed by atoms with Crippen molar-refractivity contribution in [2.45, 2.75) is 83.0 Å². The van der Waals surface area contributed by atoms with E-state index in [2.05, 4.69) is 10.6 Å². The lowest BCUT2D eigenvalue weighted by Crippen LogP contribution is -2.40. The molecule has 1 aliphatic carbocycles. The summed E-state index contributed by atoms with van der Waals surface area (Å²) in [7, 11) is 0. The smallest absolute Gasteiger partial charge is 0.257 e. The molecule has 2 fully saturated rings. The first kappa shape index (κ1) is 25.1. The Hall–Kier alpha value is -3.00. The Labute approximate surface area is 205 Å². The van der Waals surface area contributed by atoms with E-state index in [0.717, 1.165) is 51.4 Å². The van der Waals surface area contributed by atoms with Gasteiger partial charge in [-0.1, -0.05) is 44.2 Å². The van der Waals surface area contributed by atoms with Gasteiger partial charge in [-0.05, 0) is 43.4 Å². The number of ether oxygens (including phenoxy) is 1. The number of pyridine rings is 1. The third-order valence-electron chi connectivity index (χ3n) is 6.79. The summed E-state index contributed by atoms with van der Waals surface area (Å²) in [5, 5.41) is 5.72. The Bertz CT molecular complexity index is 1090. The monoisotopic (exact) mass is 483 g/mol. The van der Waals surface area contributed by atoms with Crippen LogP contribution < -0.4 is 16.1 Å². The van der Waals surface area contributed by atoms with Crippen LogP contribution in [0.1, 0.15) is 84.1 Å². The molecule has 0 radical (unpaired) electrons. The molecule has 2 aromatic rings. The van der Waals surface area contributed by atoms with Crippen molar-refractivity contribution < 1.29 is 18.7 Å². The van der Waals surface area contributed by atoms with Crippen LogP contribution in [-0.4, -0.2) is 35.1 Å². The van der Waals surface area contributed by atoms with Crippen LogP contribution in [0.25, 0.3) is 0 Å². The van der Waals surface area contributed by atoms with Gasteiger partial charge in [0.05, 0.1) is 6.10 Å². The van der Waals surface area contributed by atoms with E-state index in [1.165, 1.54) is 30.9 Å². The maximum atomic E-state index is 13.5. The molecule has 4 rings (SSSR count). The van der Waals surface area contributed by atoms with Gasteiger partial charge in [0.25, 0.3) is 11.8 Å². The number of nitrogens with zero attached hydrogens (tertiary/aromatic N) is 1. The van der Waals surface area contributed by atoms with Crippen LogP contribution in [0.3, 0.4) is 0 Å². The minimum absolute atomic E-state index is 0.0257. The molecule has 188 valence electrons. The van der Waals surface area contributed by atoms with Gasteiger partial charge in [0.2, 0.25) is 5.43 Å². The second kappa shape index (κ2) is 12.1. The van der Waals surface area contributed by atoms with Gasteiger partial charge < -0.3 is 19.9 Å². The normalized spacial score (nSPS) is 19.1. The molecule has 1 atom stereocenters. The fourth-order valence-corrected chi connectivity index (χ4v) is 4.87. The number of hydrogen-bond acceptors (Lipinski definition) is 4. The Morgan fingerprint density at radius 3 is 2.37 bits per heavy atom. The zero-order valence-corrected chi connectivity index (χ0v) is 20.1. The highest BCUT2D eigenvalue weighted by molar-refractivity contribution is 5.99. The molecule has 1 saturated carbocycles. The van der Waals surface area contributed by atoms with Gasteiger partial charge >= 0.3 is 0 Å². The first-order chi connectivity index (χ1) is 17.0. The van der Waals surface area contributed by atoms with E-state index in [1.54, 1.807) is 16.7 Å². The topological polar surface area (TPSA) is 89.4 Å². The molecule has 2 amide bonds. The Kier molecular flexibility index (Phi) is 8.69. The van der Waals surface area contributed by atoms with E-state index in [4.69, 9.17) is 4.74 Å². The number of amides is 2. The van der Waals surface area contributed by atoms with Crippen molar-refractivity contribution in [3.8, 4) is 0 Å². The summed E-state index contributed by atoms with van der Waals surface area (Å²) in [5.41, 5.74) is -0.168. The Morgan fingerprint density at radius 2 is 1.69 bits per heavy atom. The highest BCUT2D eigenvalue weighted by Crippen LogP contribution is 2.18. The first-order valence-corrected chi connectivity index (χ1v) is 12.7. The molecular formula is C27H34FN3O4. The van der Waals surface area contributed by atoms with E-state index >= 15 is 0 Å². The standard InChI is InChI=1S/C27H34FN3O4/c28-20-9-6-8-19(14-20)15-29-26(33)23-17-31(16-22-12-7-13-35-22)18-24(25(23)32)27(34)30-21-10-4-2-1-3-5-11-21/h6,8-9,14,17-18,21-22H,1-5,7,10-13,15-16H2,(H,29,33)(H,30,34).